The Hall–Kier alpha value is -3.45. The van der Waals surface area contributed by atoms with Gasteiger partial charge in [-0.3, -0.25) is 4.79 Å². The second kappa shape index (κ2) is 7.89. The van der Waals surface area contributed by atoms with E-state index in [0.29, 0.717) is 17.0 Å². The summed E-state index contributed by atoms with van der Waals surface area (Å²) >= 11 is 1.60. The maximum absolute atomic E-state index is 12.2. The highest BCUT2D eigenvalue weighted by molar-refractivity contribution is 7.09. The molecule has 0 atom stereocenters. The molecule has 2 aromatic heterocycles. The van der Waals surface area contributed by atoms with Crippen LogP contribution in [0.25, 0.3) is 22.2 Å². The summed E-state index contributed by atoms with van der Waals surface area (Å²) in [6.07, 6.45) is 0. The number of fused-ring (bicyclic) bond motifs is 1. The number of carbonyl (C=O) groups is 1. The van der Waals surface area contributed by atoms with E-state index < -0.39 is 5.63 Å². The minimum Gasteiger partial charge on any atom is -0.484 e. The first-order valence-corrected chi connectivity index (χ1v) is 9.85. The van der Waals surface area contributed by atoms with Gasteiger partial charge in [0, 0.05) is 34.1 Å². The third-order valence-corrected chi connectivity index (χ3v) is 5.15. The molecule has 0 aliphatic rings. The number of rotatable bonds is 5. The van der Waals surface area contributed by atoms with Crippen molar-refractivity contribution in [3.8, 4) is 17.0 Å². The molecule has 6 nitrogen and oxygen atoms in total. The summed E-state index contributed by atoms with van der Waals surface area (Å²) in [7, 11) is 0. The lowest BCUT2D eigenvalue weighted by Gasteiger charge is -2.09. The zero-order valence-corrected chi connectivity index (χ0v) is 16.7. The second-order valence-electron chi connectivity index (χ2n) is 6.57. The van der Waals surface area contributed by atoms with E-state index in [1.165, 1.54) is 6.07 Å². The summed E-state index contributed by atoms with van der Waals surface area (Å²) in [5.41, 5.74) is 3.44. The minimum atomic E-state index is -0.416. The number of hydrogen-bond donors (Lipinski definition) is 1. The Morgan fingerprint density at radius 1 is 1.14 bits per heavy atom. The number of amides is 1. The molecule has 0 bridgehead atoms. The summed E-state index contributed by atoms with van der Waals surface area (Å²) in [6.45, 7) is 3.65. The summed E-state index contributed by atoms with van der Waals surface area (Å²) in [5.74, 6) is 0.170. The summed E-state index contributed by atoms with van der Waals surface area (Å²) in [5, 5.41) is 6.64. The van der Waals surface area contributed by atoms with Gasteiger partial charge in [0.15, 0.2) is 6.61 Å². The number of hydrogen-bond acceptors (Lipinski definition) is 6. The quantitative estimate of drug-likeness (QED) is 0.492. The third-order valence-electron chi connectivity index (χ3n) is 4.38. The van der Waals surface area contributed by atoms with E-state index in [4.69, 9.17) is 9.15 Å². The van der Waals surface area contributed by atoms with Gasteiger partial charge in [0.1, 0.15) is 11.3 Å². The lowest BCUT2D eigenvalue weighted by Crippen LogP contribution is -2.20. The number of aryl methyl sites for hydroxylation is 2. The number of carbonyl (C=O) groups excluding carboxylic acids is 1. The highest BCUT2D eigenvalue weighted by Gasteiger charge is 2.08. The molecule has 0 fully saturated rings. The first-order chi connectivity index (χ1) is 14.0. The zero-order valence-electron chi connectivity index (χ0n) is 15.9. The number of nitrogens with one attached hydrogen (secondary N) is 1. The fraction of sp³-hybridized carbons (Fsp3) is 0.136. The molecule has 1 amide bonds. The highest BCUT2D eigenvalue weighted by atomic mass is 32.1. The van der Waals surface area contributed by atoms with E-state index in [1.807, 2.05) is 43.5 Å². The van der Waals surface area contributed by atoms with E-state index in [-0.39, 0.29) is 12.5 Å². The molecule has 2 heterocycles. The van der Waals surface area contributed by atoms with Gasteiger partial charge < -0.3 is 14.5 Å². The molecular weight excluding hydrogens is 388 g/mol. The highest BCUT2D eigenvalue weighted by Crippen LogP contribution is 2.24. The Morgan fingerprint density at radius 2 is 1.93 bits per heavy atom. The van der Waals surface area contributed by atoms with Crippen molar-refractivity contribution in [1.29, 1.82) is 0 Å². The van der Waals surface area contributed by atoms with Gasteiger partial charge >= 0.3 is 5.63 Å². The molecule has 4 aromatic rings. The minimum absolute atomic E-state index is 0.158. The summed E-state index contributed by atoms with van der Waals surface area (Å²) in [4.78, 5) is 28.2. The van der Waals surface area contributed by atoms with Crippen LogP contribution >= 0.6 is 11.3 Å². The maximum atomic E-state index is 12.2. The lowest BCUT2D eigenvalue weighted by atomic mass is 10.1. The van der Waals surface area contributed by atoms with Crippen molar-refractivity contribution < 1.29 is 13.9 Å². The van der Waals surface area contributed by atoms with Gasteiger partial charge in [-0.15, -0.1) is 11.3 Å². The van der Waals surface area contributed by atoms with Gasteiger partial charge in [0.05, 0.1) is 10.7 Å². The average molecular weight is 406 g/mol. The molecule has 1 N–H and O–H groups in total. The molecule has 0 spiro atoms. The molecular formula is C22H18N2O4S. The fourth-order valence-electron chi connectivity index (χ4n) is 2.96. The van der Waals surface area contributed by atoms with Gasteiger partial charge in [-0.1, -0.05) is 12.1 Å². The SMILES string of the molecule is Cc1nc(-c2ccc(NC(=O)COc3ccc4c(C)cc(=O)oc4c3)cc2)cs1. The molecule has 0 saturated carbocycles. The summed E-state index contributed by atoms with van der Waals surface area (Å²) < 4.78 is 10.7. The smallest absolute Gasteiger partial charge is 0.336 e. The Bertz CT molecular complexity index is 1240. The average Bonchev–Trinajstić information content (AvgIpc) is 3.13. The topological polar surface area (TPSA) is 81.4 Å². The van der Waals surface area contributed by atoms with E-state index in [9.17, 15) is 9.59 Å². The monoisotopic (exact) mass is 406 g/mol. The molecule has 146 valence electrons. The van der Waals surface area contributed by atoms with Crippen molar-refractivity contribution >= 4 is 33.9 Å². The van der Waals surface area contributed by atoms with E-state index in [1.54, 1.807) is 29.5 Å². The number of aromatic nitrogens is 1. The van der Waals surface area contributed by atoms with Crippen LogP contribution in [0.5, 0.6) is 5.75 Å². The van der Waals surface area contributed by atoms with E-state index in [2.05, 4.69) is 10.3 Å². The Kier molecular flexibility index (Phi) is 5.14. The van der Waals surface area contributed by atoms with Crippen molar-refractivity contribution in [2.45, 2.75) is 13.8 Å². The van der Waals surface area contributed by atoms with E-state index >= 15 is 0 Å². The van der Waals surface area contributed by atoms with Crippen molar-refractivity contribution in [2.24, 2.45) is 0 Å². The first-order valence-electron chi connectivity index (χ1n) is 8.98. The van der Waals surface area contributed by atoms with Gasteiger partial charge in [-0.25, -0.2) is 9.78 Å². The zero-order chi connectivity index (χ0) is 20.4. The lowest BCUT2D eigenvalue weighted by molar-refractivity contribution is -0.118. The van der Waals surface area contributed by atoms with Gasteiger partial charge in [0.25, 0.3) is 5.91 Å². The number of thiazole rings is 1. The van der Waals surface area contributed by atoms with Crippen LogP contribution in [0.4, 0.5) is 5.69 Å². The molecule has 0 saturated heterocycles. The largest absolute Gasteiger partial charge is 0.484 e. The fourth-order valence-corrected chi connectivity index (χ4v) is 3.58. The van der Waals surface area contributed by atoms with Crippen LogP contribution in [0.15, 0.2) is 63.1 Å². The third kappa shape index (κ3) is 4.35. The molecule has 0 aliphatic heterocycles. The van der Waals surface area contributed by atoms with Crippen molar-refractivity contribution in [1.82, 2.24) is 4.98 Å². The normalized spacial score (nSPS) is 10.8. The number of anilines is 1. The molecule has 0 unspecified atom stereocenters. The molecule has 0 aliphatic carbocycles. The standard InChI is InChI=1S/C22H18N2O4S/c1-13-9-22(26)28-20-10-17(7-8-18(13)20)27-11-21(25)24-16-5-3-15(4-6-16)19-12-29-14(2)23-19/h3-10,12H,11H2,1-2H3,(H,24,25). The van der Waals surface area contributed by atoms with Crippen LogP contribution in [-0.2, 0) is 4.79 Å². The molecule has 7 heteroatoms. The van der Waals surface area contributed by atoms with Gasteiger partial charge in [-0.05, 0) is 43.7 Å². The molecule has 29 heavy (non-hydrogen) atoms. The van der Waals surface area contributed by atoms with Crippen molar-refractivity contribution in [3.05, 3.63) is 74.9 Å². The number of nitrogens with zero attached hydrogens (tertiary/aromatic N) is 1. The Morgan fingerprint density at radius 3 is 2.66 bits per heavy atom. The van der Waals surface area contributed by atoms with Crippen molar-refractivity contribution in [3.63, 3.8) is 0 Å². The van der Waals surface area contributed by atoms with Crippen LogP contribution in [0.3, 0.4) is 0 Å². The predicted molar refractivity (Wildman–Crippen MR) is 114 cm³/mol. The predicted octanol–water partition coefficient (Wildman–Crippen LogP) is 4.55. The van der Waals surface area contributed by atoms with Crippen LogP contribution in [0, 0.1) is 13.8 Å². The maximum Gasteiger partial charge on any atom is 0.336 e. The first kappa shape index (κ1) is 18.9. The molecule has 4 rings (SSSR count). The van der Waals surface area contributed by atoms with E-state index in [0.717, 1.165) is 27.2 Å². The Labute approximate surface area is 170 Å². The van der Waals surface area contributed by atoms with Crippen LogP contribution in [0.1, 0.15) is 10.6 Å². The van der Waals surface area contributed by atoms with Crippen LogP contribution in [-0.4, -0.2) is 17.5 Å². The van der Waals surface area contributed by atoms with Gasteiger partial charge in [-0.2, -0.15) is 0 Å². The Balaban J connectivity index is 1.38. The number of benzene rings is 2. The van der Waals surface area contributed by atoms with Crippen molar-refractivity contribution in [2.75, 3.05) is 11.9 Å². The number of ether oxygens (including phenoxy) is 1. The molecule has 2 aromatic carbocycles. The molecule has 0 radical (unpaired) electrons. The van der Waals surface area contributed by atoms with Crippen LogP contribution < -0.4 is 15.7 Å². The van der Waals surface area contributed by atoms with Crippen LogP contribution in [0.2, 0.25) is 0 Å². The summed E-state index contributed by atoms with van der Waals surface area (Å²) in [6, 6.07) is 14.1. The van der Waals surface area contributed by atoms with Gasteiger partial charge in [0.2, 0.25) is 0 Å². The second-order valence-corrected chi connectivity index (χ2v) is 7.63.